The van der Waals surface area contributed by atoms with Crippen LogP contribution < -0.4 is 15.4 Å². The zero-order chi connectivity index (χ0) is 15.4. The Balaban J connectivity index is 2.26. The van der Waals surface area contributed by atoms with Crippen molar-refractivity contribution < 1.29 is 4.74 Å². The zero-order valence-electron chi connectivity index (χ0n) is 13.8. The first-order chi connectivity index (χ1) is 10.0. The lowest BCUT2D eigenvalue weighted by Crippen LogP contribution is -2.39. The fourth-order valence-corrected chi connectivity index (χ4v) is 2.99. The first-order valence-electron chi connectivity index (χ1n) is 8.02. The Bertz CT molecular complexity index is 461. The molecular formula is C17H29N3O. The average molecular weight is 291 g/mol. The van der Waals surface area contributed by atoms with Crippen molar-refractivity contribution in [3.8, 4) is 5.75 Å². The monoisotopic (exact) mass is 291 g/mol. The van der Waals surface area contributed by atoms with Crippen molar-refractivity contribution in [1.82, 2.24) is 4.90 Å². The summed E-state index contributed by atoms with van der Waals surface area (Å²) >= 11 is 0. The van der Waals surface area contributed by atoms with E-state index >= 15 is 0 Å². The number of nitrogens with two attached hydrogens (primary N) is 1. The van der Waals surface area contributed by atoms with Crippen LogP contribution in [-0.4, -0.2) is 43.7 Å². The summed E-state index contributed by atoms with van der Waals surface area (Å²) in [5.74, 6) is 0.801. The number of nitrogens with zero attached hydrogens (tertiary/aromatic N) is 2. The van der Waals surface area contributed by atoms with Gasteiger partial charge in [0.05, 0.1) is 11.8 Å². The molecule has 21 heavy (non-hydrogen) atoms. The van der Waals surface area contributed by atoms with E-state index in [1.807, 2.05) is 19.9 Å². The Kier molecular flexibility index (Phi) is 5.34. The molecule has 0 aliphatic carbocycles. The normalized spacial score (nSPS) is 20.6. The minimum Gasteiger partial charge on any atom is -0.489 e. The third kappa shape index (κ3) is 4.03. The van der Waals surface area contributed by atoms with Gasteiger partial charge in [-0.05, 0) is 52.4 Å². The molecule has 1 aromatic rings. The van der Waals surface area contributed by atoms with Crippen LogP contribution in [0.4, 0.5) is 11.4 Å². The van der Waals surface area contributed by atoms with Gasteiger partial charge < -0.3 is 20.3 Å². The van der Waals surface area contributed by atoms with Crippen LogP contribution in [0.15, 0.2) is 18.2 Å². The van der Waals surface area contributed by atoms with Crippen molar-refractivity contribution >= 4 is 11.4 Å². The molecule has 2 rings (SSSR count). The Labute approximate surface area is 128 Å². The van der Waals surface area contributed by atoms with Crippen molar-refractivity contribution in [1.29, 1.82) is 0 Å². The Morgan fingerprint density at radius 1 is 1.33 bits per heavy atom. The minimum absolute atomic E-state index is 0.139. The Hall–Kier alpha value is -1.42. The predicted molar refractivity (Wildman–Crippen MR) is 90.2 cm³/mol. The summed E-state index contributed by atoms with van der Waals surface area (Å²) in [6.07, 6.45) is 2.48. The third-order valence-electron chi connectivity index (χ3n) is 4.06. The van der Waals surface area contributed by atoms with Crippen molar-refractivity contribution in [3.05, 3.63) is 18.2 Å². The summed E-state index contributed by atoms with van der Waals surface area (Å²) in [6, 6.07) is 6.74. The van der Waals surface area contributed by atoms with E-state index in [-0.39, 0.29) is 6.10 Å². The van der Waals surface area contributed by atoms with Crippen molar-refractivity contribution in [2.45, 2.75) is 45.8 Å². The van der Waals surface area contributed by atoms with Crippen molar-refractivity contribution in [3.63, 3.8) is 0 Å². The van der Waals surface area contributed by atoms with Crippen LogP contribution in [-0.2, 0) is 0 Å². The molecule has 1 aliphatic heterocycles. The summed E-state index contributed by atoms with van der Waals surface area (Å²) in [6.45, 7) is 9.69. The van der Waals surface area contributed by atoms with Crippen LogP contribution in [0.3, 0.4) is 0 Å². The smallest absolute Gasteiger partial charge is 0.144 e. The van der Waals surface area contributed by atoms with Gasteiger partial charge in [-0.15, -0.1) is 0 Å². The van der Waals surface area contributed by atoms with E-state index in [0.29, 0.717) is 11.7 Å². The number of rotatable bonds is 4. The van der Waals surface area contributed by atoms with E-state index < -0.39 is 0 Å². The second kappa shape index (κ2) is 7.03. The number of hydrogen-bond donors (Lipinski definition) is 1. The number of ether oxygens (including phenoxy) is 1. The number of likely N-dealkylation sites (N-methyl/N-ethyl adjacent to an activating group) is 1. The van der Waals surface area contributed by atoms with E-state index in [1.165, 1.54) is 12.1 Å². The predicted octanol–water partition coefficient (Wildman–Crippen LogP) is 2.98. The van der Waals surface area contributed by atoms with E-state index in [0.717, 1.165) is 31.8 Å². The fourth-order valence-electron chi connectivity index (χ4n) is 2.99. The van der Waals surface area contributed by atoms with Gasteiger partial charge in [-0.1, -0.05) is 6.92 Å². The van der Waals surface area contributed by atoms with Crippen molar-refractivity contribution in [2.75, 3.05) is 37.3 Å². The highest BCUT2D eigenvalue weighted by atomic mass is 16.5. The highest BCUT2D eigenvalue weighted by molar-refractivity contribution is 5.62. The second-order valence-corrected chi connectivity index (χ2v) is 6.26. The summed E-state index contributed by atoms with van der Waals surface area (Å²) in [7, 11) is 2.21. The largest absolute Gasteiger partial charge is 0.489 e. The standard InChI is InChI=1S/C17H29N3O/c1-5-14-12-19(4)9-6-10-20(14)15-7-8-16(18)17(11-15)21-13(2)3/h7-8,11,13-14H,5-6,9-10,12,18H2,1-4H3. The van der Waals surface area contributed by atoms with Gasteiger partial charge in [-0.25, -0.2) is 0 Å². The number of hydrogen-bond acceptors (Lipinski definition) is 4. The highest BCUT2D eigenvalue weighted by Gasteiger charge is 2.23. The minimum atomic E-state index is 0.139. The summed E-state index contributed by atoms with van der Waals surface area (Å²) in [5.41, 5.74) is 7.97. The SMILES string of the molecule is CCC1CN(C)CCCN1c1ccc(N)c(OC(C)C)c1. The van der Waals surface area contributed by atoms with Gasteiger partial charge in [0.2, 0.25) is 0 Å². The third-order valence-corrected chi connectivity index (χ3v) is 4.06. The van der Waals surface area contributed by atoms with Gasteiger partial charge in [0, 0.05) is 30.9 Å². The molecule has 0 spiro atoms. The molecule has 1 saturated heterocycles. The van der Waals surface area contributed by atoms with Crippen molar-refractivity contribution in [2.24, 2.45) is 0 Å². The number of benzene rings is 1. The van der Waals surface area contributed by atoms with Crippen LogP contribution in [0, 0.1) is 0 Å². The lowest BCUT2D eigenvalue weighted by Gasteiger charge is -2.32. The fraction of sp³-hybridized carbons (Fsp3) is 0.647. The van der Waals surface area contributed by atoms with E-state index in [4.69, 9.17) is 10.5 Å². The van der Waals surface area contributed by atoms with Crippen LogP contribution in [0.2, 0.25) is 0 Å². The maximum Gasteiger partial charge on any atom is 0.144 e. The molecule has 0 bridgehead atoms. The maximum absolute atomic E-state index is 6.04. The van der Waals surface area contributed by atoms with Gasteiger partial charge >= 0.3 is 0 Å². The van der Waals surface area contributed by atoms with Crippen LogP contribution in [0.5, 0.6) is 5.75 Å². The molecule has 0 radical (unpaired) electrons. The molecule has 0 saturated carbocycles. The lowest BCUT2D eigenvalue weighted by molar-refractivity contribution is 0.244. The molecule has 1 aromatic carbocycles. The quantitative estimate of drug-likeness (QED) is 0.866. The van der Waals surface area contributed by atoms with Gasteiger partial charge in [0.15, 0.2) is 0 Å². The molecular weight excluding hydrogens is 262 g/mol. The van der Waals surface area contributed by atoms with E-state index in [2.05, 4.69) is 35.9 Å². The van der Waals surface area contributed by atoms with Gasteiger partial charge in [0.25, 0.3) is 0 Å². The number of anilines is 2. The lowest BCUT2D eigenvalue weighted by atomic mass is 10.1. The first kappa shape index (κ1) is 16.0. The molecule has 1 aliphatic rings. The highest BCUT2D eigenvalue weighted by Crippen LogP contribution is 2.31. The Morgan fingerprint density at radius 2 is 2.10 bits per heavy atom. The topological polar surface area (TPSA) is 41.7 Å². The summed E-state index contributed by atoms with van der Waals surface area (Å²) < 4.78 is 5.84. The molecule has 1 unspecified atom stereocenters. The van der Waals surface area contributed by atoms with Gasteiger partial charge in [0.1, 0.15) is 5.75 Å². The molecule has 2 N–H and O–H groups in total. The summed E-state index contributed by atoms with van der Waals surface area (Å²) in [4.78, 5) is 4.94. The maximum atomic E-state index is 6.04. The molecule has 0 aromatic heterocycles. The molecule has 118 valence electrons. The molecule has 1 atom stereocenters. The van der Waals surface area contributed by atoms with Gasteiger partial charge in [-0.3, -0.25) is 0 Å². The zero-order valence-corrected chi connectivity index (χ0v) is 13.8. The van der Waals surface area contributed by atoms with Gasteiger partial charge in [-0.2, -0.15) is 0 Å². The van der Waals surface area contributed by atoms with Crippen LogP contribution >= 0.6 is 0 Å². The second-order valence-electron chi connectivity index (χ2n) is 6.26. The molecule has 0 amide bonds. The Morgan fingerprint density at radius 3 is 2.76 bits per heavy atom. The van der Waals surface area contributed by atoms with Crippen LogP contribution in [0.25, 0.3) is 0 Å². The first-order valence-corrected chi connectivity index (χ1v) is 8.02. The molecule has 1 fully saturated rings. The summed E-state index contributed by atoms with van der Waals surface area (Å²) in [5, 5.41) is 0. The average Bonchev–Trinajstić information content (AvgIpc) is 2.62. The molecule has 4 nitrogen and oxygen atoms in total. The molecule has 1 heterocycles. The van der Waals surface area contributed by atoms with E-state index in [9.17, 15) is 0 Å². The molecule has 4 heteroatoms. The number of nitrogen functional groups attached to an aromatic ring is 1. The van der Waals surface area contributed by atoms with E-state index in [1.54, 1.807) is 0 Å². The van der Waals surface area contributed by atoms with Crippen LogP contribution in [0.1, 0.15) is 33.6 Å².